The second-order valence-corrected chi connectivity index (χ2v) is 7.66. The summed E-state index contributed by atoms with van der Waals surface area (Å²) in [5, 5.41) is 10.4. The number of rotatable bonds is 3. The Morgan fingerprint density at radius 1 is 1.06 bits per heavy atom. The number of amides is 1. The minimum atomic E-state index is -0.850. The molecule has 1 unspecified atom stereocenters. The first-order valence-corrected chi connectivity index (χ1v) is 9.96. The molecule has 0 bridgehead atoms. The van der Waals surface area contributed by atoms with Crippen molar-refractivity contribution in [1.82, 2.24) is 9.97 Å². The Balaban J connectivity index is 1.84. The van der Waals surface area contributed by atoms with Gasteiger partial charge in [-0.2, -0.15) is 0 Å². The summed E-state index contributed by atoms with van der Waals surface area (Å²) in [6.45, 7) is 3.83. The first-order chi connectivity index (χ1) is 15.4. The molecule has 0 spiro atoms. The molecule has 5 rings (SSSR count). The number of aromatic nitrogens is 2. The van der Waals surface area contributed by atoms with Crippen LogP contribution in [-0.4, -0.2) is 28.1 Å². The van der Waals surface area contributed by atoms with Gasteiger partial charge in [-0.25, -0.2) is 9.97 Å². The third-order valence-corrected chi connectivity index (χ3v) is 5.77. The van der Waals surface area contributed by atoms with E-state index in [1.165, 1.54) is 30.5 Å². The van der Waals surface area contributed by atoms with Crippen molar-refractivity contribution in [2.45, 2.75) is 19.9 Å². The molecule has 1 atom stereocenters. The SMILES string of the molecule is COc1cc(C2c3c(oc4cc(C)c(C)cc4c3=O)C(=O)N2c2ncccn2)ccc1O. The van der Waals surface area contributed by atoms with Gasteiger partial charge in [0, 0.05) is 12.4 Å². The van der Waals surface area contributed by atoms with Crippen LogP contribution >= 0.6 is 0 Å². The molecule has 1 aliphatic rings. The molecule has 3 heterocycles. The predicted octanol–water partition coefficient (Wildman–Crippen LogP) is 3.66. The molecule has 0 aliphatic carbocycles. The fraction of sp³-hybridized carbons (Fsp3) is 0.167. The van der Waals surface area contributed by atoms with Crippen LogP contribution in [0.1, 0.15) is 38.9 Å². The van der Waals surface area contributed by atoms with Crippen LogP contribution in [0, 0.1) is 13.8 Å². The smallest absolute Gasteiger partial charge is 0.297 e. The van der Waals surface area contributed by atoms with Crippen molar-refractivity contribution < 1.29 is 19.1 Å². The first kappa shape index (κ1) is 19.7. The van der Waals surface area contributed by atoms with E-state index in [1.807, 2.05) is 13.8 Å². The molecule has 0 fully saturated rings. The lowest BCUT2D eigenvalue weighted by atomic mass is 9.97. The van der Waals surface area contributed by atoms with E-state index in [0.717, 1.165) is 11.1 Å². The van der Waals surface area contributed by atoms with Crippen molar-refractivity contribution in [3.05, 3.63) is 87.0 Å². The number of hydrogen-bond donors (Lipinski definition) is 1. The van der Waals surface area contributed by atoms with Crippen LogP contribution in [-0.2, 0) is 0 Å². The molecule has 8 heteroatoms. The predicted molar refractivity (Wildman–Crippen MR) is 117 cm³/mol. The zero-order valence-electron chi connectivity index (χ0n) is 17.6. The van der Waals surface area contributed by atoms with Gasteiger partial charge < -0.3 is 14.3 Å². The molecule has 0 radical (unpaired) electrons. The number of carbonyl (C=O) groups is 1. The van der Waals surface area contributed by atoms with Crippen LogP contribution in [0.2, 0.25) is 0 Å². The van der Waals surface area contributed by atoms with Crippen molar-refractivity contribution in [2.24, 2.45) is 0 Å². The Labute approximate surface area is 182 Å². The van der Waals surface area contributed by atoms with E-state index >= 15 is 0 Å². The van der Waals surface area contributed by atoms with Gasteiger partial charge in [0.05, 0.1) is 24.1 Å². The summed E-state index contributed by atoms with van der Waals surface area (Å²) in [6.07, 6.45) is 3.04. The van der Waals surface area contributed by atoms with E-state index in [2.05, 4.69) is 9.97 Å². The number of hydrogen-bond acceptors (Lipinski definition) is 7. The van der Waals surface area contributed by atoms with E-state index < -0.39 is 11.9 Å². The number of aromatic hydroxyl groups is 1. The second-order valence-electron chi connectivity index (χ2n) is 7.66. The standard InChI is InChI=1S/C24H19N3O5/c1-12-9-15-17(10-13(12)2)32-22-19(21(15)29)20(14-5-6-16(28)18(11-14)31-3)27(23(22)30)24-25-7-4-8-26-24/h4-11,20,28H,1-3H3. The lowest BCUT2D eigenvalue weighted by Gasteiger charge is -2.23. The van der Waals surface area contributed by atoms with Gasteiger partial charge in [-0.05, 0) is 60.9 Å². The Kier molecular flexibility index (Phi) is 4.44. The summed E-state index contributed by atoms with van der Waals surface area (Å²) in [5.74, 6) is -0.263. The van der Waals surface area contributed by atoms with E-state index in [4.69, 9.17) is 9.15 Å². The fourth-order valence-corrected chi connectivity index (χ4v) is 4.03. The number of methoxy groups -OCH3 is 1. The molecular weight excluding hydrogens is 410 g/mol. The summed E-state index contributed by atoms with van der Waals surface area (Å²) >= 11 is 0. The number of carbonyl (C=O) groups excluding carboxylic acids is 1. The quantitative estimate of drug-likeness (QED) is 0.530. The number of nitrogens with zero attached hydrogens (tertiary/aromatic N) is 3. The van der Waals surface area contributed by atoms with Gasteiger partial charge in [-0.15, -0.1) is 0 Å². The van der Waals surface area contributed by atoms with Crippen LogP contribution in [0.5, 0.6) is 11.5 Å². The van der Waals surface area contributed by atoms with Crippen molar-refractivity contribution in [2.75, 3.05) is 12.0 Å². The molecule has 4 aromatic rings. The van der Waals surface area contributed by atoms with Crippen molar-refractivity contribution in [3.63, 3.8) is 0 Å². The maximum absolute atomic E-state index is 13.7. The average molecular weight is 429 g/mol. The highest BCUT2D eigenvalue weighted by Gasteiger charge is 2.45. The maximum Gasteiger partial charge on any atom is 0.297 e. The molecule has 8 nitrogen and oxygen atoms in total. The summed E-state index contributed by atoms with van der Waals surface area (Å²) in [4.78, 5) is 36.9. The number of anilines is 1. The van der Waals surface area contributed by atoms with Crippen LogP contribution in [0.4, 0.5) is 5.95 Å². The first-order valence-electron chi connectivity index (χ1n) is 9.96. The number of benzene rings is 2. The zero-order chi connectivity index (χ0) is 22.6. The van der Waals surface area contributed by atoms with Gasteiger partial charge in [0.2, 0.25) is 11.7 Å². The lowest BCUT2D eigenvalue weighted by Crippen LogP contribution is -2.31. The summed E-state index contributed by atoms with van der Waals surface area (Å²) in [6, 6.07) is 9.00. The molecule has 2 aromatic carbocycles. The number of aryl methyl sites for hydroxylation is 2. The molecule has 160 valence electrons. The van der Waals surface area contributed by atoms with Crippen molar-refractivity contribution >= 4 is 22.8 Å². The van der Waals surface area contributed by atoms with Crippen molar-refractivity contribution in [1.29, 1.82) is 0 Å². The zero-order valence-corrected chi connectivity index (χ0v) is 17.6. The van der Waals surface area contributed by atoms with Gasteiger partial charge in [-0.3, -0.25) is 14.5 Å². The number of phenols is 1. The molecule has 32 heavy (non-hydrogen) atoms. The minimum Gasteiger partial charge on any atom is -0.504 e. The Morgan fingerprint density at radius 3 is 2.50 bits per heavy atom. The molecule has 1 aliphatic heterocycles. The monoisotopic (exact) mass is 429 g/mol. The molecule has 0 saturated heterocycles. The molecule has 1 N–H and O–H groups in total. The number of ether oxygens (including phenoxy) is 1. The molecule has 2 aromatic heterocycles. The maximum atomic E-state index is 13.7. The number of fused-ring (bicyclic) bond motifs is 2. The average Bonchev–Trinajstić information content (AvgIpc) is 3.09. The van der Waals surface area contributed by atoms with Gasteiger partial charge in [0.25, 0.3) is 5.91 Å². The normalized spacial score (nSPS) is 15.3. The third-order valence-electron chi connectivity index (χ3n) is 5.77. The summed E-state index contributed by atoms with van der Waals surface area (Å²) in [5.41, 5.74) is 2.70. The van der Waals surface area contributed by atoms with Gasteiger partial charge in [-0.1, -0.05) is 6.07 Å². The van der Waals surface area contributed by atoms with Gasteiger partial charge in [0.1, 0.15) is 5.58 Å². The van der Waals surface area contributed by atoms with E-state index in [-0.39, 0.29) is 34.2 Å². The van der Waals surface area contributed by atoms with Gasteiger partial charge >= 0.3 is 0 Å². The Hall–Kier alpha value is -4.20. The second kappa shape index (κ2) is 7.19. The highest BCUT2D eigenvalue weighted by Crippen LogP contribution is 2.42. The third kappa shape index (κ3) is 2.84. The minimum absolute atomic E-state index is 0.0461. The van der Waals surface area contributed by atoms with Crippen LogP contribution in [0.3, 0.4) is 0 Å². The molecule has 1 amide bonds. The summed E-state index contributed by atoms with van der Waals surface area (Å²) < 4.78 is 11.2. The molecule has 0 saturated carbocycles. The largest absolute Gasteiger partial charge is 0.504 e. The van der Waals surface area contributed by atoms with E-state index in [0.29, 0.717) is 16.5 Å². The summed E-state index contributed by atoms with van der Waals surface area (Å²) in [7, 11) is 1.43. The Morgan fingerprint density at radius 2 is 1.78 bits per heavy atom. The van der Waals surface area contributed by atoms with E-state index in [1.54, 1.807) is 30.3 Å². The number of phenolic OH excluding ortho intramolecular Hbond substituents is 1. The van der Waals surface area contributed by atoms with E-state index in [9.17, 15) is 14.7 Å². The lowest BCUT2D eigenvalue weighted by molar-refractivity contribution is 0.0969. The highest BCUT2D eigenvalue weighted by molar-refractivity contribution is 6.09. The van der Waals surface area contributed by atoms with Crippen molar-refractivity contribution in [3.8, 4) is 11.5 Å². The van der Waals surface area contributed by atoms with Crippen LogP contribution < -0.4 is 15.1 Å². The fourth-order valence-electron chi connectivity index (χ4n) is 4.03. The van der Waals surface area contributed by atoms with Gasteiger partial charge in [0.15, 0.2) is 16.9 Å². The Bertz CT molecular complexity index is 1450. The van der Waals surface area contributed by atoms with Crippen LogP contribution in [0.15, 0.2) is 58.0 Å². The topological polar surface area (TPSA) is 106 Å². The van der Waals surface area contributed by atoms with Crippen LogP contribution in [0.25, 0.3) is 11.0 Å². The highest BCUT2D eigenvalue weighted by atomic mass is 16.5. The molecular formula is C24H19N3O5.